The van der Waals surface area contributed by atoms with Crippen molar-refractivity contribution in [3.05, 3.63) is 63.6 Å². The molecule has 0 spiro atoms. The van der Waals surface area contributed by atoms with E-state index in [0.717, 1.165) is 12.7 Å². The van der Waals surface area contributed by atoms with Gasteiger partial charge in [-0.25, -0.2) is 13.2 Å². The predicted molar refractivity (Wildman–Crippen MR) is 125 cm³/mol. The van der Waals surface area contributed by atoms with E-state index >= 15 is 0 Å². The number of esters is 1. The number of nitrogens with zero attached hydrogens (tertiary/aromatic N) is 1. The van der Waals surface area contributed by atoms with Gasteiger partial charge in [-0.15, -0.1) is 0 Å². The Morgan fingerprint density at radius 1 is 1.14 bits per heavy atom. The van der Waals surface area contributed by atoms with E-state index in [1.165, 1.54) is 12.1 Å². The summed E-state index contributed by atoms with van der Waals surface area (Å²) in [4.78, 5) is 26.5. The van der Waals surface area contributed by atoms with Crippen molar-refractivity contribution in [2.75, 3.05) is 13.9 Å². The zero-order valence-corrected chi connectivity index (χ0v) is 19.9. The molecule has 0 saturated heterocycles. The molecule has 0 unspecified atom stereocenters. The lowest BCUT2D eigenvalue weighted by Crippen LogP contribution is -2.59. The maximum Gasteiger partial charge on any atom is 0.339 e. The molecule has 2 aliphatic heterocycles. The fourth-order valence-electron chi connectivity index (χ4n) is 5.87. The highest BCUT2D eigenvalue weighted by Gasteiger charge is 2.60. The van der Waals surface area contributed by atoms with Crippen molar-refractivity contribution in [2.24, 2.45) is 0 Å². The Bertz CT molecular complexity index is 1570. The van der Waals surface area contributed by atoms with Gasteiger partial charge in [-0.2, -0.15) is 0 Å². The highest BCUT2D eigenvalue weighted by molar-refractivity contribution is 7.92. The molecule has 6 rings (SSSR count). The van der Waals surface area contributed by atoms with Gasteiger partial charge in [0, 0.05) is 24.6 Å². The van der Waals surface area contributed by atoms with Gasteiger partial charge in [0.25, 0.3) is 5.56 Å². The number of pyridine rings is 1. The van der Waals surface area contributed by atoms with Gasteiger partial charge in [0.1, 0.15) is 5.25 Å². The highest BCUT2D eigenvalue weighted by Crippen LogP contribution is 2.50. The third kappa shape index (κ3) is 2.93. The Morgan fingerprint density at radius 3 is 2.46 bits per heavy atom. The van der Waals surface area contributed by atoms with Gasteiger partial charge in [-0.3, -0.25) is 4.79 Å². The number of aromatic nitrogens is 1. The molecule has 0 radical (unpaired) electrons. The number of hydrogen-bond acceptors (Lipinski definition) is 8. The van der Waals surface area contributed by atoms with Crippen molar-refractivity contribution in [3.63, 3.8) is 0 Å². The Labute approximate surface area is 200 Å². The van der Waals surface area contributed by atoms with Crippen LogP contribution in [0.3, 0.4) is 0 Å². The molecule has 0 amide bonds. The molecule has 182 valence electrons. The lowest BCUT2D eigenvalue weighted by atomic mass is 9.74. The summed E-state index contributed by atoms with van der Waals surface area (Å²) in [7, 11) is -3.08. The van der Waals surface area contributed by atoms with Gasteiger partial charge in [0.15, 0.2) is 26.9 Å². The van der Waals surface area contributed by atoms with E-state index in [4.69, 9.17) is 14.2 Å². The predicted octanol–water partition coefficient (Wildman–Crippen LogP) is 1.83. The Kier molecular flexibility index (Phi) is 4.62. The van der Waals surface area contributed by atoms with Gasteiger partial charge in [-0.05, 0) is 48.6 Å². The minimum atomic E-state index is -4.20. The number of rotatable bonds is 3. The molecule has 1 aliphatic carbocycles. The summed E-state index contributed by atoms with van der Waals surface area (Å²) in [6.07, 6.45) is -0.0436. The highest BCUT2D eigenvalue weighted by atomic mass is 32.2. The van der Waals surface area contributed by atoms with Crippen LogP contribution in [0.5, 0.6) is 11.5 Å². The molecule has 3 atom stereocenters. The first kappa shape index (κ1) is 22.1. The third-order valence-electron chi connectivity index (χ3n) is 7.43. The first-order valence-corrected chi connectivity index (χ1v) is 12.8. The van der Waals surface area contributed by atoms with Crippen LogP contribution in [0.15, 0.2) is 46.1 Å². The standard InChI is InChI=1S/C25H23NO8S/c1-13-3-5-14(6-4-13)35(30,31)22-15-7-8-26-21(15)18(11-25(22,29)24(28)32-2)16-9-19-20(34-12-33-19)10-17(16)23(26)27/h3-6,9-10,15,22,29H,7-8,11-12H2,1-2H3/t15-,22+,25+/m1/s1. The van der Waals surface area contributed by atoms with E-state index in [1.54, 1.807) is 28.8 Å². The molecule has 3 aliphatic rings. The second kappa shape index (κ2) is 7.32. The van der Waals surface area contributed by atoms with E-state index in [9.17, 15) is 23.1 Å². The summed E-state index contributed by atoms with van der Waals surface area (Å²) in [5.41, 5.74) is -0.665. The Balaban J connectivity index is 1.64. The van der Waals surface area contributed by atoms with Crippen molar-refractivity contribution in [1.29, 1.82) is 0 Å². The number of benzene rings is 2. The van der Waals surface area contributed by atoms with Crippen LogP contribution in [-0.4, -0.2) is 48.8 Å². The van der Waals surface area contributed by atoms with Crippen molar-refractivity contribution in [3.8, 4) is 11.5 Å². The molecule has 9 nitrogen and oxygen atoms in total. The number of sulfone groups is 1. The van der Waals surface area contributed by atoms with Crippen LogP contribution in [0, 0.1) is 6.92 Å². The first-order chi connectivity index (χ1) is 16.7. The lowest BCUT2D eigenvalue weighted by molar-refractivity contribution is -0.163. The molecule has 0 bridgehead atoms. The molecule has 1 aromatic heterocycles. The van der Waals surface area contributed by atoms with Gasteiger partial charge >= 0.3 is 5.97 Å². The van der Waals surface area contributed by atoms with Crippen LogP contribution in [0.1, 0.15) is 29.2 Å². The maximum absolute atomic E-state index is 13.9. The maximum atomic E-state index is 13.9. The number of carbonyl (C=O) groups is 1. The average molecular weight is 498 g/mol. The second-order valence-electron chi connectivity index (χ2n) is 9.34. The molecule has 35 heavy (non-hydrogen) atoms. The fourth-order valence-corrected chi connectivity index (χ4v) is 8.07. The number of aliphatic hydroxyl groups is 1. The molecule has 0 saturated carbocycles. The van der Waals surface area contributed by atoms with Crippen LogP contribution in [0.4, 0.5) is 0 Å². The number of hydrogen-bond donors (Lipinski definition) is 1. The third-order valence-corrected chi connectivity index (χ3v) is 9.75. The lowest BCUT2D eigenvalue weighted by Gasteiger charge is -2.41. The summed E-state index contributed by atoms with van der Waals surface area (Å²) in [5.74, 6) is -0.918. The normalized spacial score (nSPS) is 24.4. The first-order valence-electron chi connectivity index (χ1n) is 11.3. The summed E-state index contributed by atoms with van der Waals surface area (Å²) in [6.45, 7) is 2.13. The van der Waals surface area contributed by atoms with Gasteiger partial charge in [-0.1, -0.05) is 17.7 Å². The average Bonchev–Trinajstić information content (AvgIpc) is 3.48. The molecular formula is C25H23NO8S. The molecule has 0 fully saturated rings. The quantitative estimate of drug-likeness (QED) is 0.544. The van der Waals surface area contributed by atoms with E-state index in [2.05, 4.69) is 0 Å². The Morgan fingerprint density at radius 2 is 1.80 bits per heavy atom. The monoisotopic (exact) mass is 497 g/mol. The number of aryl methyl sites for hydroxylation is 1. The SMILES string of the molecule is COC(=O)[C@]1(O)Cc2c3n(c(=O)c4cc5c(cc24)OCO5)CC[C@H]3[C@@H]1S(=O)(=O)c1ccc(C)cc1. The van der Waals surface area contributed by atoms with Crippen LogP contribution >= 0.6 is 0 Å². The van der Waals surface area contributed by atoms with Crippen molar-refractivity contribution >= 4 is 26.6 Å². The number of fused-ring (bicyclic) bond motifs is 3. The van der Waals surface area contributed by atoms with E-state index in [0.29, 0.717) is 33.5 Å². The number of methoxy groups -OCH3 is 1. The Hall–Kier alpha value is -3.37. The number of ether oxygens (including phenoxy) is 3. The minimum Gasteiger partial charge on any atom is -0.467 e. The van der Waals surface area contributed by atoms with Crippen molar-refractivity contribution in [2.45, 2.75) is 48.0 Å². The van der Waals surface area contributed by atoms with Crippen molar-refractivity contribution < 1.29 is 32.5 Å². The van der Waals surface area contributed by atoms with Gasteiger partial charge in [0.05, 0.1) is 17.4 Å². The molecule has 3 heterocycles. The molecule has 1 N–H and O–H groups in total. The van der Waals surface area contributed by atoms with Gasteiger partial charge < -0.3 is 23.9 Å². The van der Waals surface area contributed by atoms with Crippen LogP contribution in [-0.2, 0) is 32.3 Å². The minimum absolute atomic E-state index is 0.00355. The summed E-state index contributed by atoms with van der Waals surface area (Å²) >= 11 is 0. The van der Waals surface area contributed by atoms with E-state index in [-0.39, 0.29) is 36.6 Å². The largest absolute Gasteiger partial charge is 0.467 e. The van der Waals surface area contributed by atoms with E-state index in [1.807, 2.05) is 6.92 Å². The zero-order chi connectivity index (χ0) is 24.7. The molecule has 2 aromatic carbocycles. The molecule has 3 aromatic rings. The fraction of sp³-hybridized carbons (Fsp3) is 0.360. The smallest absolute Gasteiger partial charge is 0.339 e. The second-order valence-corrected chi connectivity index (χ2v) is 11.4. The van der Waals surface area contributed by atoms with Gasteiger partial charge in [0.2, 0.25) is 6.79 Å². The topological polar surface area (TPSA) is 121 Å². The van der Waals surface area contributed by atoms with Crippen LogP contribution < -0.4 is 15.0 Å². The molecular weight excluding hydrogens is 474 g/mol. The molecule has 10 heteroatoms. The summed E-state index contributed by atoms with van der Waals surface area (Å²) in [5, 5.41) is 11.2. The number of carbonyl (C=O) groups excluding carboxylic acids is 1. The van der Waals surface area contributed by atoms with Crippen LogP contribution in [0.2, 0.25) is 0 Å². The summed E-state index contributed by atoms with van der Waals surface area (Å²) < 4.78 is 45.3. The zero-order valence-electron chi connectivity index (χ0n) is 19.1. The summed E-state index contributed by atoms with van der Waals surface area (Å²) in [6, 6.07) is 9.55. The van der Waals surface area contributed by atoms with Crippen molar-refractivity contribution in [1.82, 2.24) is 4.57 Å². The van der Waals surface area contributed by atoms with Crippen LogP contribution in [0.25, 0.3) is 10.8 Å². The van der Waals surface area contributed by atoms with E-state index < -0.39 is 32.6 Å².